The predicted octanol–water partition coefficient (Wildman–Crippen LogP) is 1.23. The van der Waals surface area contributed by atoms with Gasteiger partial charge in [-0.3, -0.25) is 9.48 Å². The Labute approximate surface area is 102 Å². The molecule has 0 spiro atoms. The third kappa shape index (κ3) is 3.40. The number of carbonyl (C=O) groups is 1. The summed E-state index contributed by atoms with van der Waals surface area (Å²) in [5.41, 5.74) is 2.01. The fourth-order valence-corrected chi connectivity index (χ4v) is 2.51. The molecular weight excluding hydrogens is 214 g/mol. The zero-order chi connectivity index (χ0) is 12.3. The minimum atomic E-state index is 0.347. The van der Waals surface area contributed by atoms with Crippen LogP contribution in [0.2, 0.25) is 0 Å². The Bertz CT molecular complexity index is 391. The molecule has 0 aromatic carbocycles. The number of ketones is 1. The van der Waals surface area contributed by atoms with Crippen molar-refractivity contribution in [3.63, 3.8) is 0 Å². The van der Waals surface area contributed by atoms with Gasteiger partial charge in [0.05, 0.1) is 5.69 Å². The van der Waals surface area contributed by atoms with Gasteiger partial charge in [0.25, 0.3) is 0 Å². The van der Waals surface area contributed by atoms with Gasteiger partial charge < -0.3 is 5.32 Å². The van der Waals surface area contributed by atoms with Gasteiger partial charge in [-0.1, -0.05) is 0 Å². The molecule has 4 heteroatoms. The number of carbonyl (C=O) groups excluding carboxylic acids is 1. The summed E-state index contributed by atoms with van der Waals surface area (Å²) in [6.45, 7) is 4.08. The number of rotatable bonds is 4. The van der Waals surface area contributed by atoms with Gasteiger partial charge in [0.15, 0.2) is 0 Å². The molecule has 0 amide bonds. The summed E-state index contributed by atoms with van der Waals surface area (Å²) in [6.07, 6.45) is 3.53. The van der Waals surface area contributed by atoms with E-state index in [1.807, 2.05) is 24.7 Å². The van der Waals surface area contributed by atoms with Crippen molar-refractivity contribution in [3.8, 4) is 0 Å². The number of hydrogen-bond acceptors (Lipinski definition) is 3. The first-order chi connectivity index (χ1) is 8.15. The van der Waals surface area contributed by atoms with Crippen LogP contribution >= 0.6 is 0 Å². The van der Waals surface area contributed by atoms with Crippen molar-refractivity contribution < 1.29 is 4.79 Å². The SMILES string of the molecule is Cc1cc(CC(=O)CC2CCNCC2)n(C)n1. The first-order valence-electron chi connectivity index (χ1n) is 6.37. The topological polar surface area (TPSA) is 46.9 Å². The lowest BCUT2D eigenvalue weighted by Gasteiger charge is -2.21. The molecule has 1 aliphatic rings. The monoisotopic (exact) mass is 235 g/mol. The van der Waals surface area contributed by atoms with Gasteiger partial charge in [0.1, 0.15) is 5.78 Å². The van der Waals surface area contributed by atoms with E-state index >= 15 is 0 Å². The molecule has 0 bridgehead atoms. The average molecular weight is 235 g/mol. The van der Waals surface area contributed by atoms with Crippen LogP contribution in [-0.2, 0) is 18.3 Å². The molecule has 1 aliphatic heterocycles. The standard InChI is InChI=1S/C13H21N3O/c1-10-7-12(16(2)15-10)9-13(17)8-11-3-5-14-6-4-11/h7,11,14H,3-6,8-9H2,1-2H3. The Morgan fingerprint density at radius 3 is 2.82 bits per heavy atom. The highest BCUT2D eigenvalue weighted by Gasteiger charge is 2.17. The minimum Gasteiger partial charge on any atom is -0.317 e. The number of nitrogens with zero attached hydrogens (tertiary/aromatic N) is 2. The fraction of sp³-hybridized carbons (Fsp3) is 0.692. The number of aromatic nitrogens is 2. The van der Waals surface area contributed by atoms with Crippen LogP contribution in [0.15, 0.2) is 6.07 Å². The molecule has 0 radical (unpaired) electrons. The zero-order valence-electron chi connectivity index (χ0n) is 10.7. The van der Waals surface area contributed by atoms with Gasteiger partial charge in [0.2, 0.25) is 0 Å². The highest BCUT2D eigenvalue weighted by Crippen LogP contribution is 2.17. The highest BCUT2D eigenvalue weighted by atomic mass is 16.1. The number of aryl methyl sites for hydroxylation is 2. The number of Topliss-reactive ketones (excluding diaryl/α,β-unsaturated/α-hetero) is 1. The summed E-state index contributed by atoms with van der Waals surface area (Å²) in [7, 11) is 1.90. The Hall–Kier alpha value is -1.16. The van der Waals surface area contributed by atoms with E-state index in [4.69, 9.17) is 0 Å². The Morgan fingerprint density at radius 1 is 1.53 bits per heavy atom. The van der Waals surface area contributed by atoms with E-state index in [1.165, 1.54) is 0 Å². The Morgan fingerprint density at radius 2 is 2.24 bits per heavy atom. The molecule has 4 nitrogen and oxygen atoms in total. The molecule has 17 heavy (non-hydrogen) atoms. The molecule has 1 saturated heterocycles. The van der Waals surface area contributed by atoms with Crippen molar-refractivity contribution >= 4 is 5.78 Å². The summed E-state index contributed by atoms with van der Waals surface area (Å²) in [4.78, 5) is 12.0. The maximum atomic E-state index is 12.0. The van der Waals surface area contributed by atoms with Crippen LogP contribution in [-0.4, -0.2) is 28.7 Å². The Kier molecular flexibility index (Phi) is 3.94. The van der Waals surface area contributed by atoms with Crippen molar-refractivity contribution in [2.24, 2.45) is 13.0 Å². The van der Waals surface area contributed by atoms with Crippen molar-refractivity contribution in [3.05, 3.63) is 17.5 Å². The number of nitrogens with one attached hydrogen (secondary N) is 1. The largest absolute Gasteiger partial charge is 0.317 e. The third-order valence-electron chi connectivity index (χ3n) is 3.45. The molecular formula is C13H21N3O. The lowest BCUT2D eigenvalue weighted by atomic mass is 9.91. The summed E-state index contributed by atoms with van der Waals surface area (Å²) in [6, 6.07) is 2.00. The molecule has 2 heterocycles. The van der Waals surface area contributed by atoms with Crippen LogP contribution in [0.5, 0.6) is 0 Å². The lowest BCUT2D eigenvalue weighted by Crippen LogP contribution is -2.29. The van der Waals surface area contributed by atoms with E-state index in [1.54, 1.807) is 0 Å². The normalized spacial score (nSPS) is 17.3. The van der Waals surface area contributed by atoms with Crippen LogP contribution in [0.25, 0.3) is 0 Å². The maximum Gasteiger partial charge on any atom is 0.139 e. The minimum absolute atomic E-state index is 0.347. The highest BCUT2D eigenvalue weighted by molar-refractivity contribution is 5.80. The molecule has 0 atom stereocenters. The zero-order valence-corrected chi connectivity index (χ0v) is 10.7. The van der Waals surface area contributed by atoms with Crippen LogP contribution in [0.1, 0.15) is 30.7 Å². The molecule has 1 fully saturated rings. The second kappa shape index (κ2) is 5.45. The summed E-state index contributed by atoms with van der Waals surface area (Å²) >= 11 is 0. The predicted molar refractivity (Wildman–Crippen MR) is 66.9 cm³/mol. The van der Waals surface area contributed by atoms with Crippen molar-refractivity contribution in [2.45, 2.75) is 32.6 Å². The van der Waals surface area contributed by atoms with Gasteiger partial charge in [0, 0.05) is 25.6 Å². The maximum absolute atomic E-state index is 12.0. The second-order valence-electron chi connectivity index (χ2n) is 5.01. The molecule has 1 aromatic rings. The van der Waals surface area contributed by atoms with E-state index in [9.17, 15) is 4.79 Å². The van der Waals surface area contributed by atoms with Gasteiger partial charge in [-0.2, -0.15) is 5.10 Å². The first kappa shape index (κ1) is 12.3. The van der Waals surface area contributed by atoms with E-state index in [0.717, 1.165) is 43.7 Å². The van der Waals surface area contributed by atoms with Gasteiger partial charge in [-0.05, 0) is 44.8 Å². The first-order valence-corrected chi connectivity index (χ1v) is 6.37. The molecule has 1 aromatic heterocycles. The summed E-state index contributed by atoms with van der Waals surface area (Å²) in [5, 5.41) is 7.59. The quantitative estimate of drug-likeness (QED) is 0.854. The number of hydrogen-bond donors (Lipinski definition) is 1. The summed E-state index contributed by atoms with van der Waals surface area (Å²) in [5.74, 6) is 0.929. The van der Waals surface area contributed by atoms with Crippen LogP contribution in [0.4, 0.5) is 0 Å². The molecule has 1 N–H and O–H groups in total. The Balaban J connectivity index is 1.86. The average Bonchev–Trinajstić information content (AvgIpc) is 2.58. The smallest absolute Gasteiger partial charge is 0.139 e. The molecule has 2 rings (SSSR count). The lowest BCUT2D eigenvalue weighted by molar-refractivity contribution is -0.119. The van der Waals surface area contributed by atoms with E-state index in [-0.39, 0.29) is 0 Å². The molecule has 94 valence electrons. The van der Waals surface area contributed by atoms with Gasteiger partial charge in [-0.15, -0.1) is 0 Å². The van der Waals surface area contributed by atoms with E-state index in [0.29, 0.717) is 18.1 Å². The van der Waals surface area contributed by atoms with Crippen LogP contribution in [0.3, 0.4) is 0 Å². The fourth-order valence-electron chi connectivity index (χ4n) is 2.51. The summed E-state index contributed by atoms with van der Waals surface area (Å²) < 4.78 is 1.82. The van der Waals surface area contributed by atoms with Crippen molar-refractivity contribution in [2.75, 3.05) is 13.1 Å². The van der Waals surface area contributed by atoms with Crippen LogP contribution < -0.4 is 5.32 Å². The van der Waals surface area contributed by atoms with Crippen molar-refractivity contribution in [1.29, 1.82) is 0 Å². The van der Waals surface area contributed by atoms with Gasteiger partial charge >= 0.3 is 0 Å². The number of piperidine rings is 1. The molecule has 0 aliphatic carbocycles. The second-order valence-corrected chi connectivity index (χ2v) is 5.01. The third-order valence-corrected chi connectivity index (χ3v) is 3.45. The van der Waals surface area contributed by atoms with Crippen molar-refractivity contribution in [1.82, 2.24) is 15.1 Å². The molecule has 0 unspecified atom stereocenters. The molecule has 0 saturated carbocycles. The van der Waals surface area contributed by atoms with E-state index in [2.05, 4.69) is 10.4 Å². The van der Waals surface area contributed by atoms with Gasteiger partial charge in [-0.25, -0.2) is 0 Å². The van der Waals surface area contributed by atoms with Crippen LogP contribution in [0, 0.1) is 12.8 Å². The van der Waals surface area contributed by atoms with E-state index < -0.39 is 0 Å².